The molecule has 0 bridgehead atoms. The Labute approximate surface area is 161 Å². The summed E-state index contributed by atoms with van der Waals surface area (Å²) in [5.41, 5.74) is 0.393. The number of methoxy groups -OCH3 is 1. The van der Waals surface area contributed by atoms with Crippen molar-refractivity contribution in [3.8, 4) is 0 Å². The molecule has 1 unspecified atom stereocenters. The Morgan fingerprint density at radius 3 is 2.44 bits per heavy atom. The minimum absolute atomic E-state index is 0.412. The molecule has 5 nitrogen and oxygen atoms in total. The maximum Gasteiger partial charge on any atom is 0.415 e. The van der Waals surface area contributed by atoms with E-state index in [9.17, 15) is 9.59 Å². The van der Waals surface area contributed by atoms with E-state index in [1.807, 2.05) is 18.2 Å². The molecule has 0 radical (unpaired) electrons. The van der Waals surface area contributed by atoms with Crippen LogP contribution in [0, 0.1) is 5.41 Å². The number of halogens is 3. The van der Waals surface area contributed by atoms with Crippen LogP contribution >= 0.6 is 34.8 Å². The van der Waals surface area contributed by atoms with Crippen LogP contribution in [0.3, 0.4) is 0 Å². The predicted molar refractivity (Wildman–Crippen MR) is 99.2 cm³/mol. The Morgan fingerprint density at radius 2 is 1.84 bits per heavy atom. The van der Waals surface area contributed by atoms with Gasteiger partial charge in [0.1, 0.15) is 6.61 Å². The highest BCUT2D eigenvalue weighted by atomic mass is 35.6. The zero-order valence-electron chi connectivity index (χ0n) is 14.0. The summed E-state index contributed by atoms with van der Waals surface area (Å²) in [6.45, 7) is 2.97. The Kier molecular flexibility index (Phi) is 5.92. The van der Waals surface area contributed by atoms with Gasteiger partial charge in [-0.15, -0.1) is 0 Å². The predicted octanol–water partition coefficient (Wildman–Crippen LogP) is 4.59. The smallest absolute Gasteiger partial charge is 0.415 e. The van der Waals surface area contributed by atoms with Gasteiger partial charge in [0.05, 0.1) is 24.3 Å². The molecule has 1 aromatic rings. The second-order valence-electron chi connectivity index (χ2n) is 6.12. The second kappa shape index (κ2) is 7.44. The van der Waals surface area contributed by atoms with Crippen LogP contribution in [0.5, 0.6) is 0 Å². The van der Waals surface area contributed by atoms with Crippen LogP contribution in [0.1, 0.15) is 19.4 Å². The van der Waals surface area contributed by atoms with Gasteiger partial charge < -0.3 is 9.47 Å². The highest BCUT2D eigenvalue weighted by Crippen LogP contribution is 2.38. The fourth-order valence-corrected chi connectivity index (χ4v) is 2.81. The average molecular weight is 407 g/mol. The molecule has 0 fully saturated rings. The Bertz CT molecular complexity index is 697. The van der Waals surface area contributed by atoms with E-state index in [4.69, 9.17) is 44.3 Å². The first-order valence-corrected chi connectivity index (χ1v) is 8.59. The number of benzene rings is 1. The summed E-state index contributed by atoms with van der Waals surface area (Å²) < 4.78 is 8.30. The number of carbonyl (C=O) groups is 2. The fraction of sp³-hybridized carbons (Fsp3) is 0.412. The summed E-state index contributed by atoms with van der Waals surface area (Å²) in [5.74, 6) is -0.458. The number of amides is 1. The van der Waals surface area contributed by atoms with Gasteiger partial charge in [-0.1, -0.05) is 65.2 Å². The molecule has 0 spiro atoms. The highest BCUT2D eigenvalue weighted by Gasteiger charge is 2.45. The quantitative estimate of drug-likeness (QED) is 0.544. The van der Waals surface area contributed by atoms with Crippen molar-refractivity contribution < 1.29 is 19.1 Å². The van der Waals surface area contributed by atoms with Crippen LogP contribution in [0.4, 0.5) is 10.5 Å². The number of carbonyl (C=O) groups excluding carboxylic acids is 2. The van der Waals surface area contributed by atoms with E-state index in [0.717, 1.165) is 5.56 Å². The molecule has 8 heteroatoms. The second-order valence-corrected chi connectivity index (χ2v) is 8.63. The lowest BCUT2D eigenvalue weighted by molar-refractivity contribution is -0.151. The van der Waals surface area contributed by atoms with E-state index in [-0.39, 0.29) is 0 Å². The third-order valence-electron chi connectivity index (χ3n) is 3.94. The largest absolute Gasteiger partial charge is 0.469 e. The minimum Gasteiger partial charge on any atom is -0.469 e. The summed E-state index contributed by atoms with van der Waals surface area (Å²) in [6, 6.07) is 6.62. The molecule has 136 valence electrons. The van der Waals surface area contributed by atoms with Crippen molar-refractivity contribution in [2.45, 2.75) is 23.7 Å². The molecule has 0 saturated carbocycles. The number of para-hydroxylation sites is 1. The summed E-state index contributed by atoms with van der Waals surface area (Å²) in [6.07, 6.45) is 2.89. The first-order chi connectivity index (χ1) is 11.6. The van der Waals surface area contributed by atoms with Crippen molar-refractivity contribution in [3.05, 3.63) is 35.9 Å². The van der Waals surface area contributed by atoms with Gasteiger partial charge in [0.15, 0.2) is 0 Å². The number of alkyl halides is 3. The molecule has 0 aromatic heterocycles. The summed E-state index contributed by atoms with van der Waals surface area (Å²) in [5, 5.41) is 0. The molecule has 2 rings (SSSR count). The number of fused-ring (bicyclic) bond motifs is 1. The molecule has 1 aromatic carbocycles. The number of hydrogen-bond donors (Lipinski definition) is 0. The number of esters is 1. The number of nitrogens with zero attached hydrogens (tertiary/aromatic N) is 1. The topological polar surface area (TPSA) is 55.8 Å². The van der Waals surface area contributed by atoms with Gasteiger partial charge in [0.25, 0.3) is 0 Å². The molecule has 1 heterocycles. The van der Waals surface area contributed by atoms with Crippen LogP contribution in [0.2, 0.25) is 0 Å². The Morgan fingerprint density at radius 1 is 1.20 bits per heavy atom. The zero-order chi connectivity index (χ0) is 18.8. The van der Waals surface area contributed by atoms with Gasteiger partial charge >= 0.3 is 12.1 Å². The molecule has 1 aliphatic heterocycles. The Hall–Kier alpha value is -1.43. The van der Waals surface area contributed by atoms with Gasteiger partial charge in [-0.25, -0.2) is 4.79 Å². The van der Waals surface area contributed by atoms with E-state index in [2.05, 4.69) is 0 Å². The number of anilines is 1. The third-order valence-corrected chi connectivity index (χ3v) is 4.27. The van der Waals surface area contributed by atoms with Crippen LogP contribution in [-0.2, 0) is 14.3 Å². The summed E-state index contributed by atoms with van der Waals surface area (Å²) in [7, 11) is 1.30. The van der Waals surface area contributed by atoms with E-state index < -0.39 is 33.9 Å². The van der Waals surface area contributed by atoms with Gasteiger partial charge in [0, 0.05) is 0 Å². The van der Waals surface area contributed by atoms with Crippen molar-refractivity contribution >= 4 is 58.6 Å². The van der Waals surface area contributed by atoms with E-state index in [1.165, 1.54) is 12.0 Å². The van der Waals surface area contributed by atoms with Crippen LogP contribution in [-0.4, -0.2) is 35.6 Å². The van der Waals surface area contributed by atoms with Crippen LogP contribution in [0.15, 0.2) is 30.3 Å². The minimum atomic E-state index is -1.73. The first kappa shape index (κ1) is 19.9. The van der Waals surface area contributed by atoms with Gasteiger partial charge in [0.2, 0.25) is 3.79 Å². The monoisotopic (exact) mass is 405 g/mol. The molecular weight excluding hydrogens is 389 g/mol. The van der Waals surface area contributed by atoms with Crippen molar-refractivity contribution in [2.75, 3.05) is 18.6 Å². The Balaban J connectivity index is 2.42. The van der Waals surface area contributed by atoms with Crippen molar-refractivity contribution in [2.24, 2.45) is 5.41 Å². The van der Waals surface area contributed by atoms with Crippen molar-refractivity contribution in [3.63, 3.8) is 0 Å². The first-order valence-electron chi connectivity index (χ1n) is 7.46. The van der Waals surface area contributed by atoms with Gasteiger partial charge in [-0.3, -0.25) is 9.69 Å². The van der Waals surface area contributed by atoms with Crippen LogP contribution in [0.25, 0.3) is 6.08 Å². The van der Waals surface area contributed by atoms with Gasteiger partial charge in [-0.05, 0) is 25.5 Å². The molecule has 0 aliphatic carbocycles. The van der Waals surface area contributed by atoms with Crippen molar-refractivity contribution in [1.82, 2.24) is 0 Å². The fourth-order valence-electron chi connectivity index (χ4n) is 2.65. The lowest BCUT2D eigenvalue weighted by Gasteiger charge is -2.40. The average Bonchev–Trinajstić information content (AvgIpc) is 2.57. The van der Waals surface area contributed by atoms with Crippen LogP contribution < -0.4 is 4.90 Å². The summed E-state index contributed by atoms with van der Waals surface area (Å²) in [4.78, 5) is 26.3. The molecule has 0 N–H and O–H groups in total. The number of rotatable bonds is 3. The molecule has 25 heavy (non-hydrogen) atoms. The molecule has 1 aliphatic rings. The van der Waals surface area contributed by atoms with E-state index >= 15 is 0 Å². The SMILES string of the molecule is COC(=O)C(C)(C)C1C=Cc2ccccc2N1C(=O)OCC(Cl)(Cl)Cl. The number of hydrogen-bond acceptors (Lipinski definition) is 4. The van der Waals surface area contributed by atoms with E-state index in [0.29, 0.717) is 5.69 Å². The maximum absolute atomic E-state index is 12.7. The highest BCUT2D eigenvalue weighted by molar-refractivity contribution is 6.67. The van der Waals surface area contributed by atoms with Crippen molar-refractivity contribution in [1.29, 1.82) is 0 Å². The van der Waals surface area contributed by atoms with E-state index in [1.54, 1.807) is 32.1 Å². The van der Waals surface area contributed by atoms with Gasteiger partial charge in [-0.2, -0.15) is 0 Å². The lowest BCUT2D eigenvalue weighted by Crippen LogP contribution is -2.52. The normalized spacial score (nSPS) is 17.0. The molecule has 1 amide bonds. The summed E-state index contributed by atoms with van der Waals surface area (Å²) >= 11 is 17.0. The molecular formula is C17H18Cl3NO4. The number of ether oxygens (including phenoxy) is 2. The molecule has 1 atom stereocenters. The zero-order valence-corrected chi connectivity index (χ0v) is 16.2. The third kappa shape index (κ3) is 4.40. The standard InChI is InChI=1S/C17H18Cl3NO4/c1-16(2,14(22)24-3)13-9-8-11-6-4-5-7-12(11)21(13)15(23)25-10-17(18,19)20/h4-9,13H,10H2,1-3H3. The molecule has 0 saturated heterocycles. The lowest BCUT2D eigenvalue weighted by atomic mass is 9.81. The maximum atomic E-state index is 12.7.